The van der Waals surface area contributed by atoms with Crippen molar-refractivity contribution in [3.63, 3.8) is 0 Å². The van der Waals surface area contributed by atoms with E-state index in [9.17, 15) is 15.3 Å². The van der Waals surface area contributed by atoms with Crippen molar-refractivity contribution in [1.29, 1.82) is 0 Å². The van der Waals surface area contributed by atoms with Gasteiger partial charge in [-0.3, -0.25) is 15.0 Å². The van der Waals surface area contributed by atoms with Crippen LogP contribution in [0.1, 0.15) is 20.8 Å². The average Bonchev–Trinajstić information content (AvgIpc) is 3.03. The molecular weight excluding hydrogens is 561 g/mol. The Balaban J connectivity index is 0.000000175. The van der Waals surface area contributed by atoms with Crippen molar-refractivity contribution in [3.8, 4) is 34.5 Å². The van der Waals surface area contributed by atoms with E-state index >= 15 is 0 Å². The largest absolute Gasteiger partial charge is 3.00 e. The zero-order chi connectivity index (χ0) is 29.9. The molecule has 9 nitrogen and oxygen atoms in total. The number of hydrogen-bond acceptors (Lipinski definition) is 9. The van der Waals surface area contributed by atoms with Crippen molar-refractivity contribution >= 4 is 50.1 Å². The molecule has 0 fully saturated rings. The molecule has 0 saturated heterocycles. The Morgan fingerprint density at radius 1 is 0.465 bits per heavy atom. The summed E-state index contributed by atoms with van der Waals surface area (Å²) in [4.78, 5) is 12.1. The fraction of sp³-hybridized carbons (Fsp3) is 0.182. The van der Waals surface area contributed by atoms with E-state index in [1.807, 2.05) is 39.0 Å². The molecule has 0 bridgehead atoms. The summed E-state index contributed by atoms with van der Waals surface area (Å²) in [5, 5.41) is 36.6. The third-order valence-electron chi connectivity index (χ3n) is 5.98. The van der Waals surface area contributed by atoms with Gasteiger partial charge in [-0.15, -0.1) is 0 Å². The van der Waals surface area contributed by atoms with Gasteiger partial charge >= 0.3 is 17.4 Å². The molecule has 0 atom stereocenters. The quantitative estimate of drug-likeness (QED) is 0.252. The van der Waals surface area contributed by atoms with E-state index in [-0.39, 0.29) is 34.6 Å². The van der Waals surface area contributed by atoms with E-state index in [1.165, 1.54) is 18.2 Å². The number of pyridine rings is 3. The van der Waals surface area contributed by atoms with Crippen LogP contribution in [0.2, 0.25) is 0 Å². The first-order valence-corrected chi connectivity index (χ1v) is 13.5. The standard InChI is InChI=1S/3C11H11NO2.Al/c3*1-2-14-10-6-5-9(13)11-8(10)4-3-7-12-11;/h3*3-7,13H,2H2,1H3;/q;;;+3/p-3. The normalized spacial score (nSPS) is 10.1. The van der Waals surface area contributed by atoms with Gasteiger partial charge in [-0.25, -0.2) is 0 Å². The van der Waals surface area contributed by atoms with Crippen molar-refractivity contribution in [3.05, 3.63) is 91.4 Å². The van der Waals surface area contributed by atoms with Gasteiger partial charge in [0.1, 0.15) is 17.2 Å². The average molecular weight is 592 g/mol. The number of hydrogen-bond donors (Lipinski definition) is 0. The molecule has 6 aromatic rings. The maximum Gasteiger partial charge on any atom is 3.00 e. The van der Waals surface area contributed by atoms with Gasteiger partial charge in [0, 0.05) is 34.7 Å². The van der Waals surface area contributed by atoms with E-state index in [2.05, 4.69) is 15.0 Å². The van der Waals surface area contributed by atoms with Gasteiger partial charge in [0.05, 0.1) is 36.4 Å². The van der Waals surface area contributed by atoms with Crippen LogP contribution in [0.5, 0.6) is 34.5 Å². The SMILES string of the molecule is CCOc1ccc([O-])c2ncccc12.CCOc1ccc([O-])c2ncccc12.CCOc1ccc([O-])c2ncccc12.[Al+3]. The Labute approximate surface area is 260 Å². The zero-order valence-electron chi connectivity index (χ0n) is 24.2. The summed E-state index contributed by atoms with van der Waals surface area (Å²) < 4.78 is 16.2. The Morgan fingerprint density at radius 2 is 0.744 bits per heavy atom. The summed E-state index contributed by atoms with van der Waals surface area (Å²) in [5.41, 5.74) is 1.41. The first-order chi connectivity index (χ1) is 20.5. The smallest absolute Gasteiger partial charge is 0.871 e. The van der Waals surface area contributed by atoms with Crippen LogP contribution >= 0.6 is 0 Å². The molecule has 6 rings (SSSR count). The van der Waals surface area contributed by atoms with E-state index in [1.54, 1.807) is 55.0 Å². The number of nitrogens with zero attached hydrogens (tertiary/aromatic N) is 3. The van der Waals surface area contributed by atoms with Crippen LogP contribution in [0.15, 0.2) is 91.4 Å². The minimum absolute atomic E-state index is 0. The maximum atomic E-state index is 11.4. The summed E-state index contributed by atoms with van der Waals surface area (Å²) >= 11 is 0. The van der Waals surface area contributed by atoms with Crippen LogP contribution in [0.4, 0.5) is 0 Å². The molecule has 216 valence electrons. The number of benzene rings is 3. The van der Waals surface area contributed by atoms with Crippen LogP contribution in [0.3, 0.4) is 0 Å². The molecule has 0 unspecified atom stereocenters. The molecule has 10 heteroatoms. The number of ether oxygens (including phenoxy) is 3. The third-order valence-corrected chi connectivity index (χ3v) is 5.98. The van der Waals surface area contributed by atoms with E-state index in [0.29, 0.717) is 36.4 Å². The van der Waals surface area contributed by atoms with Crippen molar-refractivity contribution in [2.45, 2.75) is 20.8 Å². The van der Waals surface area contributed by atoms with E-state index in [4.69, 9.17) is 14.2 Å². The van der Waals surface area contributed by atoms with Gasteiger partial charge in [0.25, 0.3) is 0 Å². The summed E-state index contributed by atoms with van der Waals surface area (Å²) in [6.07, 6.45) is 4.83. The van der Waals surface area contributed by atoms with Crippen LogP contribution in [-0.2, 0) is 0 Å². The molecule has 0 aliphatic carbocycles. The first-order valence-electron chi connectivity index (χ1n) is 13.5. The van der Waals surface area contributed by atoms with Gasteiger partial charge in [0.15, 0.2) is 0 Å². The second kappa shape index (κ2) is 16.0. The summed E-state index contributed by atoms with van der Waals surface area (Å²) in [6, 6.07) is 20.4. The predicted octanol–water partition coefficient (Wildman–Crippen LogP) is 4.74. The number of aromatic nitrogens is 3. The molecule has 0 saturated carbocycles. The Bertz CT molecular complexity index is 1580. The summed E-state index contributed by atoms with van der Waals surface area (Å²) in [7, 11) is 0. The van der Waals surface area contributed by atoms with Gasteiger partial charge in [0.2, 0.25) is 0 Å². The summed E-state index contributed by atoms with van der Waals surface area (Å²) in [6.45, 7) is 7.49. The Kier molecular flexibility index (Phi) is 12.2. The molecule has 0 aliphatic rings. The molecule has 0 amide bonds. The second-order valence-corrected chi connectivity index (χ2v) is 8.68. The van der Waals surface area contributed by atoms with Crippen LogP contribution in [0, 0.1) is 0 Å². The molecule has 0 spiro atoms. The third kappa shape index (κ3) is 7.95. The molecular formula is C33H30AlN3O6. The Hall–Kier alpha value is -4.78. The van der Waals surface area contributed by atoms with Crippen molar-refractivity contribution in [2.24, 2.45) is 0 Å². The molecule has 43 heavy (non-hydrogen) atoms. The zero-order valence-corrected chi connectivity index (χ0v) is 25.3. The fourth-order valence-corrected chi connectivity index (χ4v) is 4.21. The molecule has 3 aromatic carbocycles. The monoisotopic (exact) mass is 591 g/mol. The van der Waals surface area contributed by atoms with Crippen LogP contribution in [0.25, 0.3) is 32.7 Å². The Morgan fingerprint density at radius 3 is 1.00 bits per heavy atom. The topological polar surface area (TPSA) is 136 Å². The number of fused-ring (bicyclic) bond motifs is 3. The van der Waals surface area contributed by atoms with Gasteiger partial charge in [-0.05, 0) is 75.4 Å². The van der Waals surface area contributed by atoms with Crippen molar-refractivity contribution in [1.82, 2.24) is 15.0 Å². The molecule has 3 aromatic heterocycles. The predicted molar refractivity (Wildman–Crippen MR) is 163 cm³/mol. The van der Waals surface area contributed by atoms with Gasteiger partial charge < -0.3 is 29.5 Å². The molecule has 3 heterocycles. The van der Waals surface area contributed by atoms with E-state index in [0.717, 1.165) is 33.4 Å². The van der Waals surface area contributed by atoms with Gasteiger partial charge in [-0.2, -0.15) is 0 Å². The molecule has 0 N–H and O–H groups in total. The molecule has 0 radical (unpaired) electrons. The first kappa shape index (κ1) is 32.7. The summed E-state index contributed by atoms with van der Waals surface area (Å²) in [5.74, 6) is 1.96. The fourth-order valence-electron chi connectivity index (χ4n) is 4.21. The number of rotatable bonds is 6. The maximum absolute atomic E-state index is 11.4. The van der Waals surface area contributed by atoms with Crippen LogP contribution < -0.4 is 29.5 Å². The second-order valence-electron chi connectivity index (χ2n) is 8.68. The van der Waals surface area contributed by atoms with Crippen molar-refractivity contribution < 1.29 is 29.5 Å². The van der Waals surface area contributed by atoms with E-state index < -0.39 is 0 Å². The minimum Gasteiger partial charge on any atom is -0.871 e. The molecule has 0 aliphatic heterocycles. The van der Waals surface area contributed by atoms with Crippen molar-refractivity contribution in [2.75, 3.05) is 19.8 Å². The minimum atomic E-state index is -0.0657. The van der Waals surface area contributed by atoms with Gasteiger partial charge in [-0.1, -0.05) is 35.4 Å². The van der Waals surface area contributed by atoms with Crippen LogP contribution in [-0.4, -0.2) is 52.1 Å².